The minimum absolute atomic E-state index is 0. The summed E-state index contributed by atoms with van der Waals surface area (Å²) in [6.45, 7) is 42.2. The van der Waals surface area contributed by atoms with Gasteiger partial charge in [-0.25, -0.2) is 0 Å². The molecule has 0 aromatic carbocycles. The molecule has 314 valence electrons. The van der Waals surface area contributed by atoms with Crippen molar-refractivity contribution in [3.63, 3.8) is 0 Å². The maximum atomic E-state index is 10.8. The maximum absolute atomic E-state index is 10.8. The molecule has 0 aliphatic carbocycles. The van der Waals surface area contributed by atoms with Crippen LogP contribution in [0.5, 0.6) is 0 Å². The molecule has 0 rings (SSSR count). The molecule has 0 aliphatic rings. The van der Waals surface area contributed by atoms with Crippen LogP contribution in [0.4, 0.5) is 0 Å². The van der Waals surface area contributed by atoms with Gasteiger partial charge in [-0.2, -0.15) is 0 Å². The van der Waals surface area contributed by atoms with Gasteiger partial charge in [0.15, 0.2) is 0 Å². The van der Waals surface area contributed by atoms with Gasteiger partial charge in [-0.15, -0.1) is 19.7 Å². The summed E-state index contributed by atoms with van der Waals surface area (Å²) in [5.41, 5.74) is -0.0296. The number of aliphatic hydroxyl groups is 3. The van der Waals surface area contributed by atoms with E-state index in [4.69, 9.17) is 9.84 Å². The zero-order chi connectivity index (χ0) is 41.6. The Morgan fingerprint density at radius 3 is 1.26 bits per heavy atom. The van der Waals surface area contributed by atoms with E-state index in [1.807, 2.05) is 13.8 Å². The summed E-state index contributed by atoms with van der Waals surface area (Å²) in [6.07, 6.45) is 25.5. The van der Waals surface area contributed by atoms with Crippen molar-refractivity contribution in [2.45, 2.75) is 210 Å². The van der Waals surface area contributed by atoms with Gasteiger partial charge in [0, 0.05) is 6.92 Å². The molecule has 0 fully saturated rings. The van der Waals surface area contributed by atoms with Crippen molar-refractivity contribution in [2.75, 3.05) is 0 Å². The van der Waals surface area contributed by atoms with Crippen molar-refractivity contribution in [3.05, 3.63) is 73.9 Å². The predicted octanol–water partition coefficient (Wildman–Crippen LogP) is 13.9. The molecule has 0 radical (unpaired) electrons. The summed E-state index contributed by atoms with van der Waals surface area (Å²) >= 11 is 0. The van der Waals surface area contributed by atoms with Gasteiger partial charge in [-0.05, 0) is 118 Å². The molecule has 0 aliphatic heterocycles. The summed E-state index contributed by atoms with van der Waals surface area (Å²) in [7, 11) is 0. The molecule has 0 aromatic heterocycles. The van der Waals surface area contributed by atoms with Crippen molar-refractivity contribution >= 4 is 5.97 Å². The van der Waals surface area contributed by atoms with Gasteiger partial charge in [0.2, 0.25) is 0 Å². The van der Waals surface area contributed by atoms with Crippen LogP contribution in [0.15, 0.2) is 73.9 Å². The van der Waals surface area contributed by atoms with E-state index in [2.05, 4.69) is 93.9 Å². The van der Waals surface area contributed by atoms with Gasteiger partial charge >= 0.3 is 5.97 Å². The monoisotopic (exact) mass is 749 g/mol. The van der Waals surface area contributed by atoms with Gasteiger partial charge in [0.1, 0.15) is 5.60 Å². The van der Waals surface area contributed by atoms with Gasteiger partial charge in [-0.3, -0.25) is 4.79 Å². The fourth-order valence-corrected chi connectivity index (χ4v) is 4.81. The molecule has 0 aromatic rings. The number of rotatable bonds is 23. The van der Waals surface area contributed by atoms with Crippen LogP contribution in [0.1, 0.15) is 188 Å². The fourth-order valence-electron chi connectivity index (χ4n) is 4.81. The molecule has 0 saturated carbocycles. The number of carbonyl (C=O) groups is 1. The Balaban J connectivity index is -0.000000208. The Morgan fingerprint density at radius 2 is 0.943 bits per heavy atom. The number of carbonyl (C=O) groups excluding carboxylic acids is 1. The summed E-state index contributed by atoms with van der Waals surface area (Å²) in [5.74, 6) is 2.26. The van der Waals surface area contributed by atoms with Gasteiger partial charge in [-0.1, -0.05) is 135 Å². The quantitative estimate of drug-likeness (QED) is 0.0715. The standard InChI is InChI=1S/C20H40O.C12H20O2.C10H18O.C5H10O.CH4/c1-7-20(6,21)16-10-15-19(5)14-9-13-18(4)12-8-11-17(2)3;1-6-12(5,14-11(4)13)9-7-8-10(2)3;1-5-10(4,11)8-6-7-9(2)3;1-4-5(2,3)6;/h7,17-19,21H,1,8-16H2,2-6H3;6,8H,1,7,9H2,2-5H3;5,7,11H,1,6,8H2,2-4H3;4,6H,1H2,2-3H3;1H4. The second-order valence-corrected chi connectivity index (χ2v) is 17.1. The third-order valence-corrected chi connectivity index (χ3v) is 8.84. The summed E-state index contributed by atoms with van der Waals surface area (Å²) in [6, 6.07) is 0. The number of esters is 1. The van der Waals surface area contributed by atoms with E-state index in [1.165, 1.54) is 69.1 Å². The van der Waals surface area contributed by atoms with Crippen molar-refractivity contribution < 1.29 is 24.9 Å². The molecule has 5 unspecified atom stereocenters. The lowest BCUT2D eigenvalue weighted by Gasteiger charge is -2.24. The van der Waals surface area contributed by atoms with Crippen LogP contribution >= 0.6 is 0 Å². The van der Waals surface area contributed by atoms with Crippen LogP contribution in [0.3, 0.4) is 0 Å². The lowest BCUT2D eigenvalue weighted by Crippen LogP contribution is -2.27. The van der Waals surface area contributed by atoms with E-state index in [-0.39, 0.29) is 13.4 Å². The molecule has 0 heterocycles. The normalized spacial score (nSPS) is 15.1. The Morgan fingerprint density at radius 1 is 0.585 bits per heavy atom. The van der Waals surface area contributed by atoms with E-state index >= 15 is 0 Å². The first kappa shape index (κ1) is 60.1. The highest BCUT2D eigenvalue weighted by molar-refractivity contribution is 5.66. The molecular weight excluding hydrogens is 657 g/mol. The van der Waals surface area contributed by atoms with Crippen LogP contribution < -0.4 is 0 Å². The maximum Gasteiger partial charge on any atom is 0.303 e. The molecule has 53 heavy (non-hydrogen) atoms. The minimum atomic E-state index is -0.702. The second kappa shape index (κ2) is 33.2. The van der Waals surface area contributed by atoms with Crippen molar-refractivity contribution in [1.82, 2.24) is 0 Å². The molecule has 0 saturated heterocycles. The van der Waals surface area contributed by atoms with Gasteiger partial charge < -0.3 is 20.1 Å². The number of ether oxygens (including phenoxy) is 1. The molecule has 0 bridgehead atoms. The average molecular weight is 749 g/mol. The van der Waals surface area contributed by atoms with Crippen LogP contribution in [0, 0.1) is 17.8 Å². The SMILES string of the molecule is C.C=CC(C)(C)O.C=CC(C)(CCC=C(C)C)OC(C)=O.C=CC(C)(O)CCC=C(C)C.C=CC(C)(O)CCCC(C)CCCC(C)CCCC(C)C. The van der Waals surface area contributed by atoms with E-state index < -0.39 is 22.4 Å². The molecule has 3 N–H and O–H groups in total. The third kappa shape index (κ3) is 49.8. The molecule has 5 nitrogen and oxygen atoms in total. The number of hydrogen-bond acceptors (Lipinski definition) is 5. The first-order chi connectivity index (χ1) is 23.7. The lowest BCUT2D eigenvalue weighted by atomic mass is 9.90. The molecular formula is C48H92O5. The predicted molar refractivity (Wildman–Crippen MR) is 237 cm³/mol. The first-order valence-corrected chi connectivity index (χ1v) is 19.9. The zero-order valence-corrected chi connectivity index (χ0v) is 36.9. The van der Waals surface area contributed by atoms with Crippen LogP contribution in [0.2, 0.25) is 0 Å². The summed E-state index contributed by atoms with van der Waals surface area (Å²) in [4.78, 5) is 10.8. The zero-order valence-electron chi connectivity index (χ0n) is 36.9. The molecule has 5 heteroatoms. The fraction of sp³-hybridized carbons (Fsp3) is 0.729. The topological polar surface area (TPSA) is 87.0 Å². The summed E-state index contributed by atoms with van der Waals surface area (Å²) in [5, 5.41) is 28.1. The highest BCUT2D eigenvalue weighted by Crippen LogP contribution is 2.23. The smallest absolute Gasteiger partial charge is 0.303 e. The largest absolute Gasteiger partial charge is 0.455 e. The third-order valence-electron chi connectivity index (χ3n) is 8.84. The van der Waals surface area contributed by atoms with Crippen molar-refractivity contribution in [3.8, 4) is 0 Å². The molecule has 0 spiro atoms. The highest BCUT2D eigenvalue weighted by Gasteiger charge is 2.22. The van der Waals surface area contributed by atoms with E-state index in [0.717, 1.165) is 56.3 Å². The van der Waals surface area contributed by atoms with Crippen molar-refractivity contribution in [1.29, 1.82) is 0 Å². The number of hydrogen-bond donors (Lipinski definition) is 3. The Kier molecular flexibility index (Phi) is 37.6. The minimum Gasteiger partial charge on any atom is -0.455 e. The Bertz CT molecular complexity index is 999. The molecule has 5 atom stereocenters. The van der Waals surface area contributed by atoms with Crippen LogP contribution in [-0.4, -0.2) is 43.7 Å². The van der Waals surface area contributed by atoms with E-state index in [1.54, 1.807) is 39.0 Å². The van der Waals surface area contributed by atoms with E-state index in [0.29, 0.717) is 0 Å². The van der Waals surface area contributed by atoms with Gasteiger partial charge in [0.25, 0.3) is 0 Å². The second-order valence-electron chi connectivity index (χ2n) is 17.1. The Labute approximate surface area is 331 Å². The Hall–Kier alpha value is -2.21. The lowest BCUT2D eigenvalue weighted by molar-refractivity contribution is -0.151. The highest BCUT2D eigenvalue weighted by atomic mass is 16.6. The number of allylic oxidation sites excluding steroid dienone is 4. The van der Waals surface area contributed by atoms with E-state index in [9.17, 15) is 15.0 Å². The average Bonchev–Trinajstić information content (AvgIpc) is 3.00. The van der Waals surface area contributed by atoms with Crippen LogP contribution in [-0.2, 0) is 9.53 Å². The first-order valence-electron chi connectivity index (χ1n) is 19.9. The van der Waals surface area contributed by atoms with Gasteiger partial charge in [0.05, 0.1) is 16.8 Å². The van der Waals surface area contributed by atoms with Crippen molar-refractivity contribution in [2.24, 2.45) is 17.8 Å². The molecule has 0 amide bonds. The van der Waals surface area contributed by atoms with Crippen LogP contribution in [0.25, 0.3) is 0 Å². The summed E-state index contributed by atoms with van der Waals surface area (Å²) < 4.78 is 5.18.